The smallest absolute Gasteiger partial charge is 0.248 e. The average Bonchev–Trinajstić information content (AvgIpc) is 3.21. The summed E-state index contributed by atoms with van der Waals surface area (Å²) in [6.07, 6.45) is 0.755. The van der Waals surface area contributed by atoms with Gasteiger partial charge in [-0.25, -0.2) is 0 Å². The highest BCUT2D eigenvalue weighted by molar-refractivity contribution is 7.99. The van der Waals surface area contributed by atoms with E-state index >= 15 is 0 Å². The molecule has 2 heterocycles. The van der Waals surface area contributed by atoms with Gasteiger partial charge in [0.05, 0.1) is 18.4 Å². The summed E-state index contributed by atoms with van der Waals surface area (Å²) in [7, 11) is 0. The fraction of sp³-hybridized carbons (Fsp3) is 0.529. The highest BCUT2D eigenvalue weighted by Crippen LogP contribution is 2.26. The molecule has 1 aromatic rings. The van der Waals surface area contributed by atoms with E-state index in [9.17, 15) is 9.59 Å². The number of carbonyl (C=O) groups is 2. The van der Waals surface area contributed by atoms with Crippen molar-refractivity contribution < 1.29 is 14.3 Å². The van der Waals surface area contributed by atoms with Crippen LogP contribution in [0.5, 0.6) is 0 Å². The fourth-order valence-corrected chi connectivity index (χ4v) is 4.05. The second-order valence-electron chi connectivity index (χ2n) is 6.17. The molecule has 0 saturated carbocycles. The molecule has 2 atom stereocenters. The molecule has 23 heavy (non-hydrogen) atoms. The predicted molar refractivity (Wildman–Crippen MR) is 91.4 cm³/mol. The number of rotatable bonds is 3. The second-order valence-corrected chi connectivity index (χ2v) is 7.17. The van der Waals surface area contributed by atoms with Gasteiger partial charge in [0.2, 0.25) is 11.8 Å². The minimum atomic E-state index is -0.394. The molecule has 1 N–H and O–H groups in total. The number of carbonyl (C=O) groups excluding carboxylic acids is 2. The Morgan fingerprint density at radius 1 is 1.30 bits per heavy atom. The summed E-state index contributed by atoms with van der Waals surface area (Å²) >= 11 is 1.63. The van der Waals surface area contributed by atoms with Gasteiger partial charge in [0.1, 0.15) is 6.04 Å². The maximum absolute atomic E-state index is 12.6. The van der Waals surface area contributed by atoms with Gasteiger partial charge in [-0.05, 0) is 43.5 Å². The number of ether oxygens (including phenoxy) is 1. The highest BCUT2D eigenvalue weighted by Gasteiger charge is 2.38. The lowest BCUT2D eigenvalue weighted by Gasteiger charge is -2.25. The molecule has 2 aliphatic rings. The molecule has 2 unspecified atom stereocenters. The third kappa shape index (κ3) is 3.53. The average molecular weight is 334 g/mol. The van der Waals surface area contributed by atoms with Crippen molar-refractivity contribution >= 4 is 29.3 Å². The summed E-state index contributed by atoms with van der Waals surface area (Å²) < 4.78 is 5.30. The van der Waals surface area contributed by atoms with Crippen molar-refractivity contribution in [3.63, 3.8) is 0 Å². The lowest BCUT2D eigenvalue weighted by Crippen LogP contribution is -2.46. The largest absolute Gasteiger partial charge is 0.381 e. The lowest BCUT2D eigenvalue weighted by atomic mass is 10.1. The molecule has 0 aromatic heterocycles. The maximum Gasteiger partial charge on any atom is 0.248 e. The van der Waals surface area contributed by atoms with Crippen LogP contribution in [0.4, 0.5) is 5.69 Å². The Labute approximate surface area is 140 Å². The zero-order valence-electron chi connectivity index (χ0n) is 13.5. The molecule has 0 spiro atoms. The monoisotopic (exact) mass is 334 g/mol. The first-order chi connectivity index (χ1) is 11.1. The molecule has 1 aromatic carbocycles. The van der Waals surface area contributed by atoms with Crippen LogP contribution in [0.25, 0.3) is 0 Å². The first-order valence-corrected chi connectivity index (χ1v) is 9.06. The van der Waals surface area contributed by atoms with Gasteiger partial charge in [0.25, 0.3) is 0 Å². The van der Waals surface area contributed by atoms with Crippen LogP contribution >= 0.6 is 11.8 Å². The maximum atomic E-state index is 12.6. The van der Waals surface area contributed by atoms with E-state index in [4.69, 9.17) is 4.74 Å². The number of amides is 2. The molecule has 2 saturated heterocycles. The minimum Gasteiger partial charge on any atom is -0.381 e. The topological polar surface area (TPSA) is 58.6 Å². The number of thioether (sulfide) groups is 1. The quantitative estimate of drug-likeness (QED) is 0.920. The van der Waals surface area contributed by atoms with E-state index in [2.05, 4.69) is 5.32 Å². The number of benzene rings is 1. The number of hydrogen-bond donors (Lipinski definition) is 1. The van der Waals surface area contributed by atoms with Crippen LogP contribution in [-0.2, 0) is 14.3 Å². The highest BCUT2D eigenvalue weighted by atomic mass is 32.2. The molecule has 124 valence electrons. The van der Waals surface area contributed by atoms with E-state index in [1.165, 1.54) is 5.56 Å². The molecule has 2 amide bonds. The summed E-state index contributed by atoms with van der Waals surface area (Å²) in [6.45, 7) is 5.17. The van der Waals surface area contributed by atoms with Crippen LogP contribution in [0, 0.1) is 19.8 Å². The molecule has 2 aliphatic heterocycles. The van der Waals surface area contributed by atoms with E-state index in [1.807, 2.05) is 32.0 Å². The van der Waals surface area contributed by atoms with Crippen molar-refractivity contribution in [3.8, 4) is 0 Å². The van der Waals surface area contributed by atoms with Gasteiger partial charge in [0, 0.05) is 18.0 Å². The molecule has 3 rings (SSSR count). The summed E-state index contributed by atoms with van der Waals surface area (Å²) in [5, 5.41) is 2.95. The van der Waals surface area contributed by atoms with Gasteiger partial charge < -0.3 is 15.0 Å². The van der Waals surface area contributed by atoms with E-state index in [0.29, 0.717) is 24.8 Å². The first-order valence-electron chi connectivity index (χ1n) is 7.90. The second kappa shape index (κ2) is 6.93. The molecular weight excluding hydrogens is 312 g/mol. The number of hydrogen-bond acceptors (Lipinski definition) is 4. The normalized spacial score (nSPS) is 24.0. The minimum absolute atomic E-state index is 0.0488. The molecule has 2 fully saturated rings. The zero-order valence-corrected chi connectivity index (χ0v) is 14.3. The van der Waals surface area contributed by atoms with Gasteiger partial charge in [-0.2, -0.15) is 0 Å². The third-order valence-electron chi connectivity index (χ3n) is 4.52. The summed E-state index contributed by atoms with van der Waals surface area (Å²) in [4.78, 5) is 26.9. The van der Waals surface area contributed by atoms with Crippen LogP contribution in [0.2, 0.25) is 0 Å². The van der Waals surface area contributed by atoms with Crippen LogP contribution in [0.3, 0.4) is 0 Å². The third-order valence-corrected chi connectivity index (χ3v) is 5.53. The van der Waals surface area contributed by atoms with Gasteiger partial charge >= 0.3 is 0 Å². The van der Waals surface area contributed by atoms with Crippen molar-refractivity contribution in [2.75, 3.05) is 30.2 Å². The van der Waals surface area contributed by atoms with Gasteiger partial charge in [-0.1, -0.05) is 6.07 Å². The van der Waals surface area contributed by atoms with E-state index in [0.717, 1.165) is 17.7 Å². The molecule has 5 nitrogen and oxygen atoms in total. The summed E-state index contributed by atoms with van der Waals surface area (Å²) in [5.74, 6) is 1.08. The fourth-order valence-electron chi connectivity index (χ4n) is 2.89. The zero-order chi connectivity index (χ0) is 16.4. The first kappa shape index (κ1) is 16.3. The molecule has 0 aliphatic carbocycles. The lowest BCUT2D eigenvalue weighted by molar-refractivity contribution is -0.139. The van der Waals surface area contributed by atoms with Crippen LogP contribution in [0.1, 0.15) is 17.5 Å². The number of aryl methyl sites for hydroxylation is 2. The van der Waals surface area contributed by atoms with E-state index in [-0.39, 0.29) is 17.7 Å². The molecule has 0 bridgehead atoms. The molecular formula is C17H22N2O3S. The van der Waals surface area contributed by atoms with Gasteiger partial charge in [-0.3, -0.25) is 9.59 Å². The standard InChI is InChI=1S/C17H22N2O3S/c1-11-3-4-14(7-12(11)2)18-16(20)15-9-23-10-19(15)17(21)13-5-6-22-8-13/h3-4,7,13,15H,5-6,8-10H2,1-2H3,(H,18,20). The van der Waals surface area contributed by atoms with Crippen LogP contribution in [-0.4, -0.2) is 47.6 Å². The Bertz CT molecular complexity index is 614. The predicted octanol–water partition coefficient (Wildman–Crippen LogP) is 2.18. The van der Waals surface area contributed by atoms with Crippen LogP contribution < -0.4 is 5.32 Å². The Morgan fingerprint density at radius 3 is 2.83 bits per heavy atom. The number of anilines is 1. The molecule has 6 heteroatoms. The Kier molecular flexibility index (Phi) is 4.92. The Balaban J connectivity index is 1.67. The van der Waals surface area contributed by atoms with Crippen molar-refractivity contribution in [2.45, 2.75) is 26.3 Å². The van der Waals surface area contributed by atoms with E-state index < -0.39 is 6.04 Å². The van der Waals surface area contributed by atoms with Crippen molar-refractivity contribution in [1.82, 2.24) is 4.90 Å². The molecule has 0 radical (unpaired) electrons. The summed E-state index contributed by atoms with van der Waals surface area (Å²) in [6, 6.07) is 5.47. The number of nitrogens with zero attached hydrogens (tertiary/aromatic N) is 1. The Hall–Kier alpha value is -1.53. The van der Waals surface area contributed by atoms with Gasteiger partial charge in [0.15, 0.2) is 0 Å². The number of nitrogens with one attached hydrogen (secondary N) is 1. The van der Waals surface area contributed by atoms with E-state index in [1.54, 1.807) is 16.7 Å². The van der Waals surface area contributed by atoms with Crippen molar-refractivity contribution in [3.05, 3.63) is 29.3 Å². The summed E-state index contributed by atoms with van der Waals surface area (Å²) in [5.41, 5.74) is 3.11. The Morgan fingerprint density at radius 2 is 2.13 bits per heavy atom. The van der Waals surface area contributed by atoms with Crippen molar-refractivity contribution in [1.29, 1.82) is 0 Å². The van der Waals surface area contributed by atoms with Crippen LogP contribution in [0.15, 0.2) is 18.2 Å². The van der Waals surface area contributed by atoms with Crippen molar-refractivity contribution in [2.24, 2.45) is 5.92 Å². The SMILES string of the molecule is Cc1ccc(NC(=O)C2CSCN2C(=O)C2CCOC2)cc1C. The van der Waals surface area contributed by atoms with Gasteiger partial charge in [-0.15, -0.1) is 11.8 Å².